The summed E-state index contributed by atoms with van der Waals surface area (Å²) in [5, 5.41) is 0. The number of allylic oxidation sites excluding steroid dienone is 2. The summed E-state index contributed by atoms with van der Waals surface area (Å²) in [4.78, 5) is 32.4. The summed E-state index contributed by atoms with van der Waals surface area (Å²) in [6, 6.07) is 15.2. The number of carbonyl (C=O) groups excluding carboxylic acids is 1. The van der Waals surface area contributed by atoms with Gasteiger partial charge in [0.05, 0.1) is 16.3 Å². The third kappa shape index (κ3) is 3.91. The van der Waals surface area contributed by atoms with Crippen LogP contribution in [0.1, 0.15) is 43.9 Å². The van der Waals surface area contributed by atoms with Crippen molar-refractivity contribution in [2.75, 3.05) is 0 Å². The van der Waals surface area contributed by atoms with Crippen molar-refractivity contribution in [2.24, 2.45) is 10.4 Å². The lowest BCUT2D eigenvalue weighted by atomic mass is 9.73. The maximum Gasteiger partial charge on any atom is 0.271 e. The minimum atomic E-state index is -0.454. The molecule has 5 rings (SSSR count). The number of rotatable bonds is 2. The highest BCUT2D eigenvalue weighted by molar-refractivity contribution is 9.10. The van der Waals surface area contributed by atoms with Crippen LogP contribution in [0.2, 0.25) is 0 Å². The zero-order chi connectivity index (χ0) is 22.6. The van der Waals surface area contributed by atoms with Gasteiger partial charge >= 0.3 is 0 Å². The van der Waals surface area contributed by atoms with Crippen LogP contribution < -0.4 is 14.9 Å². The first-order valence-electron chi connectivity index (χ1n) is 10.3. The second-order valence-electron chi connectivity index (χ2n) is 8.99. The molecule has 0 N–H and O–H groups in total. The van der Waals surface area contributed by atoms with Crippen LogP contribution >= 0.6 is 43.2 Å². The zero-order valence-corrected chi connectivity index (χ0v) is 21.6. The summed E-state index contributed by atoms with van der Waals surface area (Å²) < 4.78 is 4.25. The lowest BCUT2D eigenvalue weighted by Crippen LogP contribution is -2.42. The van der Waals surface area contributed by atoms with E-state index in [1.807, 2.05) is 54.6 Å². The number of Topliss-reactive ketones (excluding diaryl/α,β-unsaturated/α-hetero) is 1. The largest absolute Gasteiger partial charge is 0.294 e. The molecule has 32 heavy (non-hydrogen) atoms. The van der Waals surface area contributed by atoms with Crippen molar-refractivity contribution in [3.63, 3.8) is 0 Å². The van der Waals surface area contributed by atoms with Crippen molar-refractivity contribution in [2.45, 2.75) is 32.7 Å². The summed E-state index contributed by atoms with van der Waals surface area (Å²) in [5.41, 5.74) is 3.08. The third-order valence-corrected chi connectivity index (χ3v) is 7.89. The van der Waals surface area contributed by atoms with E-state index >= 15 is 0 Å². The number of ketones is 1. The van der Waals surface area contributed by atoms with Crippen molar-refractivity contribution in [1.29, 1.82) is 0 Å². The molecule has 0 fully saturated rings. The van der Waals surface area contributed by atoms with Gasteiger partial charge in [-0.3, -0.25) is 14.2 Å². The monoisotopic (exact) mass is 570 g/mol. The number of halogens is 2. The van der Waals surface area contributed by atoms with Crippen LogP contribution in [0, 0.1) is 5.41 Å². The second kappa shape index (κ2) is 8.04. The number of thiazole rings is 1. The van der Waals surface area contributed by atoms with Crippen LogP contribution in [0.3, 0.4) is 0 Å². The minimum Gasteiger partial charge on any atom is -0.294 e. The fourth-order valence-corrected chi connectivity index (χ4v) is 5.97. The summed E-state index contributed by atoms with van der Waals surface area (Å²) in [5.74, 6) is 0.0788. The highest BCUT2D eigenvalue weighted by Gasteiger charge is 2.40. The SMILES string of the molecule is CC1(C)CC(=O)C2=C(C1)N=c1sc(=Cc3ccc(Br)cc3)c(=O)n1C2c1ccc(Br)cc1. The molecule has 1 unspecified atom stereocenters. The van der Waals surface area contributed by atoms with Crippen LogP contribution in [0.25, 0.3) is 6.08 Å². The Bertz CT molecular complexity index is 1450. The van der Waals surface area contributed by atoms with Crippen molar-refractivity contribution >= 4 is 55.1 Å². The molecule has 0 saturated heterocycles. The molecule has 2 heterocycles. The fraction of sp³-hybridized carbons (Fsp3) is 0.240. The van der Waals surface area contributed by atoms with Crippen LogP contribution in [-0.4, -0.2) is 10.4 Å². The van der Waals surface area contributed by atoms with E-state index in [0.29, 0.717) is 21.3 Å². The number of hydrogen-bond donors (Lipinski definition) is 0. The summed E-state index contributed by atoms with van der Waals surface area (Å²) in [6.07, 6.45) is 3.07. The highest BCUT2D eigenvalue weighted by Crippen LogP contribution is 2.43. The smallest absolute Gasteiger partial charge is 0.271 e. The molecule has 1 aliphatic heterocycles. The summed E-state index contributed by atoms with van der Waals surface area (Å²) >= 11 is 8.31. The second-order valence-corrected chi connectivity index (χ2v) is 11.8. The molecule has 2 aliphatic rings. The van der Waals surface area contributed by atoms with Crippen molar-refractivity contribution in [3.05, 3.63) is 99.6 Å². The molecule has 1 aliphatic carbocycles. The molecule has 162 valence electrons. The zero-order valence-electron chi connectivity index (χ0n) is 17.6. The topological polar surface area (TPSA) is 51.4 Å². The van der Waals surface area contributed by atoms with Crippen molar-refractivity contribution < 1.29 is 4.79 Å². The standard InChI is InChI=1S/C25H20Br2N2O2S/c1-25(2)12-18-21(19(30)13-25)22(15-5-9-17(27)10-6-15)29-23(31)20(32-24(29)28-18)11-14-3-7-16(26)8-4-14/h3-11,22H,12-13H2,1-2H3. The third-order valence-electron chi connectivity index (χ3n) is 5.85. The van der Waals surface area contributed by atoms with E-state index in [9.17, 15) is 9.59 Å². The quantitative estimate of drug-likeness (QED) is 0.428. The Hall–Kier alpha value is -2.09. The fourth-order valence-electron chi connectivity index (χ4n) is 4.42. The molecular formula is C25H20Br2N2O2S. The number of aromatic nitrogens is 1. The van der Waals surface area contributed by atoms with E-state index in [4.69, 9.17) is 4.99 Å². The molecule has 3 aromatic rings. The van der Waals surface area contributed by atoms with Gasteiger partial charge in [-0.05, 0) is 53.3 Å². The molecular weight excluding hydrogens is 552 g/mol. The van der Waals surface area contributed by atoms with Gasteiger partial charge in [-0.15, -0.1) is 0 Å². The Morgan fingerprint density at radius 3 is 2.28 bits per heavy atom. The molecule has 2 aromatic carbocycles. The van der Waals surface area contributed by atoms with Crippen LogP contribution in [0.5, 0.6) is 0 Å². The molecule has 0 radical (unpaired) electrons. The summed E-state index contributed by atoms with van der Waals surface area (Å²) in [7, 11) is 0. The van der Waals surface area contributed by atoms with Gasteiger partial charge in [-0.25, -0.2) is 4.99 Å². The first-order chi connectivity index (χ1) is 15.2. The molecule has 0 spiro atoms. The molecule has 0 bridgehead atoms. The van der Waals surface area contributed by atoms with Gasteiger partial charge in [0.2, 0.25) is 0 Å². The van der Waals surface area contributed by atoms with Crippen LogP contribution in [-0.2, 0) is 4.79 Å². The first kappa shape index (κ1) is 21.7. The lowest BCUT2D eigenvalue weighted by Gasteiger charge is -2.35. The first-order valence-corrected chi connectivity index (χ1v) is 12.7. The Morgan fingerprint density at radius 1 is 1.00 bits per heavy atom. The number of fused-ring (bicyclic) bond motifs is 1. The maximum absolute atomic E-state index is 13.6. The normalized spacial score (nSPS) is 20.1. The molecule has 0 saturated carbocycles. The maximum atomic E-state index is 13.6. The average molecular weight is 572 g/mol. The summed E-state index contributed by atoms with van der Waals surface area (Å²) in [6.45, 7) is 4.20. The van der Waals surface area contributed by atoms with Crippen LogP contribution in [0.4, 0.5) is 0 Å². The molecule has 1 aromatic heterocycles. The lowest BCUT2D eigenvalue weighted by molar-refractivity contribution is -0.118. The van der Waals surface area contributed by atoms with E-state index in [0.717, 1.165) is 32.2 Å². The van der Waals surface area contributed by atoms with E-state index in [-0.39, 0.29) is 16.8 Å². The van der Waals surface area contributed by atoms with Crippen LogP contribution in [0.15, 0.2) is 78.5 Å². The van der Waals surface area contributed by atoms with Gasteiger partial charge in [0, 0.05) is 20.9 Å². The van der Waals surface area contributed by atoms with Gasteiger partial charge in [0.1, 0.15) is 0 Å². The number of hydrogen-bond acceptors (Lipinski definition) is 4. The van der Waals surface area contributed by atoms with Gasteiger partial charge in [0.15, 0.2) is 10.6 Å². The predicted octanol–water partition coefficient (Wildman–Crippen LogP) is 5.13. The molecule has 4 nitrogen and oxygen atoms in total. The van der Waals surface area contributed by atoms with E-state index in [1.54, 1.807) is 4.57 Å². The van der Waals surface area contributed by atoms with Crippen molar-refractivity contribution in [3.8, 4) is 0 Å². The van der Waals surface area contributed by atoms with Crippen molar-refractivity contribution in [1.82, 2.24) is 4.57 Å². The Balaban J connectivity index is 1.76. The molecule has 7 heteroatoms. The number of benzene rings is 2. The number of nitrogens with zero attached hydrogens (tertiary/aromatic N) is 2. The van der Waals surface area contributed by atoms with E-state index in [2.05, 4.69) is 45.7 Å². The minimum absolute atomic E-state index is 0.0788. The van der Waals surface area contributed by atoms with Gasteiger partial charge in [-0.1, -0.05) is 81.3 Å². The number of carbonyl (C=O) groups is 1. The van der Waals surface area contributed by atoms with E-state index in [1.165, 1.54) is 11.3 Å². The van der Waals surface area contributed by atoms with Gasteiger partial charge in [0.25, 0.3) is 5.56 Å². The Morgan fingerprint density at radius 2 is 1.62 bits per heavy atom. The average Bonchev–Trinajstić information content (AvgIpc) is 3.03. The van der Waals surface area contributed by atoms with Gasteiger partial charge < -0.3 is 0 Å². The Labute approximate surface area is 206 Å². The molecule has 1 atom stereocenters. The highest BCUT2D eigenvalue weighted by atomic mass is 79.9. The molecule has 0 amide bonds. The Kier molecular flexibility index (Phi) is 5.47. The predicted molar refractivity (Wildman–Crippen MR) is 134 cm³/mol. The van der Waals surface area contributed by atoms with E-state index < -0.39 is 6.04 Å². The van der Waals surface area contributed by atoms with Gasteiger partial charge in [-0.2, -0.15) is 0 Å².